The van der Waals surface area contributed by atoms with Gasteiger partial charge in [-0.1, -0.05) is 25.5 Å². The molecule has 0 fully saturated rings. The number of hydrogen-bond acceptors (Lipinski definition) is 4. The molecule has 0 radical (unpaired) electrons. The van der Waals surface area contributed by atoms with Crippen LogP contribution in [0.25, 0.3) is 17.2 Å². The maximum absolute atomic E-state index is 9.14. The smallest absolute Gasteiger partial charge is 0.234 e. The van der Waals surface area contributed by atoms with E-state index in [9.17, 15) is 0 Å². The SMILES string of the molecule is CCCc1c(Cn2ccnc2-c2cccc(C#N)c2)nc2ncccn12. The number of imidazole rings is 2. The molecule has 0 aliphatic carbocycles. The standard InChI is InChI=1S/C20H18N6/c1-2-5-18-17(24-20-23-8-4-10-26(18)20)14-25-11-9-22-19(25)16-7-3-6-15(12-16)13-21/h3-4,6-12H,2,5,14H2,1H3. The number of nitrogens with zero attached hydrogens (tertiary/aromatic N) is 6. The van der Waals surface area contributed by atoms with Crippen molar-refractivity contribution in [3.05, 3.63) is 72.1 Å². The van der Waals surface area contributed by atoms with Crippen molar-refractivity contribution in [1.82, 2.24) is 23.9 Å². The minimum atomic E-state index is 0.616. The number of rotatable bonds is 5. The molecule has 0 bridgehead atoms. The number of aromatic nitrogens is 5. The number of aryl methyl sites for hydroxylation is 1. The summed E-state index contributed by atoms with van der Waals surface area (Å²) in [5.74, 6) is 1.55. The van der Waals surface area contributed by atoms with Crippen molar-refractivity contribution in [3.8, 4) is 17.5 Å². The first-order valence-corrected chi connectivity index (χ1v) is 8.62. The van der Waals surface area contributed by atoms with Crippen LogP contribution in [0.15, 0.2) is 55.1 Å². The maximum Gasteiger partial charge on any atom is 0.234 e. The lowest BCUT2D eigenvalue weighted by molar-refractivity contribution is 0.759. The molecule has 0 spiro atoms. The van der Waals surface area contributed by atoms with Gasteiger partial charge in [-0.2, -0.15) is 5.26 Å². The predicted molar refractivity (Wildman–Crippen MR) is 98.5 cm³/mol. The highest BCUT2D eigenvalue weighted by Crippen LogP contribution is 2.21. The number of fused-ring (bicyclic) bond motifs is 1. The predicted octanol–water partition coefficient (Wildman–Crippen LogP) is 3.47. The van der Waals surface area contributed by atoms with Crippen molar-refractivity contribution in [1.29, 1.82) is 5.26 Å². The third kappa shape index (κ3) is 2.84. The first-order chi connectivity index (χ1) is 12.8. The molecule has 0 saturated carbocycles. The van der Waals surface area contributed by atoms with Crippen LogP contribution in [0.3, 0.4) is 0 Å². The van der Waals surface area contributed by atoms with E-state index in [2.05, 4.69) is 31.9 Å². The van der Waals surface area contributed by atoms with Gasteiger partial charge in [-0.25, -0.2) is 15.0 Å². The molecular weight excluding hydrogens is 324 g/mol. The zero-order valence-electron chi connectivity index (χ0n) is 14.5. The number of hydrogen-bond donors (Lipinski definition) is 0. The average molecular weight is 342 g/mol. The van der Waals surface area contributed by atoms with Crippen LogP contribution in [0.2, 0.25) is 0 Å². The van der Waals surface area contributed by atoms with E-state index in [4.69, 9.17) is 10.2 Å². The van der Waals surface area contributed by atoms with Crippen LogP contribution in [0.1, 0.15) is 30.3 Å². The minimum absolute atomic E-state index is 0.616. The molecule has 0 atom stereocenters. The summed E-state index contributed by atoms with van der Waals surface area (Å²) in [6.45, 7) is 2.78. The van der Waals surface area contributed by atoms with Crippen molar-refractivity contribution in [2.45, 2.75) is 26.3 Å². The van der Waals surface area contributed by atoms with Crippen LogP contribution in [0, 0.1) is 11.3 Å². The first-order valence-electron chi connectivity index (χ1n) is 8.62. The molecule has 0 saturated heterocycles. The second kappa shape index (κ2) is 6.81. The molecule has 128 valence electrons. The molecule has 4 rings (SSSR count). The summed E-state index contributed by atoms with van der Waals surface area (Å²) in [5.41, 5.74) is 3.73. The summed E-state index contributed by atoms with van der Waals surface area (Å²) in [6, 6.07) is 11.6. The summed E-state index contributed by atoms with van der Waals surface area (Å²) >= 11 is 0. The second-order valence-electron chi connectivity index (χ2n) is 6.12. The van der Waals surface area contributed by atoms with Crippen molar-refractivity contribution in [3.63, 3.8) is 0 Å². The molecule has 0 unspecified atom stereocenters. The molecule has 0 amide bonds. The highest BCUT2D eigenvalue weighted by atomic mass is 15.1. The molecule has 0 aliphatic heterocycles. The van der Waals surface area contributed by atoms with Crippen molar-refractivity contribution >= 4 is 5.78 Å². The lowest BCUT2D eigenvalue weighted by Crippen LogP contribution is -2.05. The highest BCUT2D eigenvalue weighted by molar-refractivity contribution is 5.58. The molecule has 1 aromatic carbocycles. The van der Waals surface area contributed by atoms with Crippen LogP contribution in [0.5, 0.6) is 0 Å². The highest BCUT2D eigenvalue weighted by Gasteiger charge is 2.15. The Balaban J connectivity index is 1.75. The molecule has 3 aromatic heterocycles. The molecule has 26 heavy (non-hydrogen) atoms. The van der Waals surface area contributed by atoms with Gasteiger partial charge in [-0.3, -0.25) is 4.40 Å². The largest absolute Gasteiger partial charge is 0.325 e. The third-order valence-electron chi connectivity index (χ3n) is 4.36. The Labute approximate surface area is 151 Å². The van der Waals surface area contributed by atoms with Crippen LogP contribution >= 0.6 is 0 Å². The summed E-state index contributed by atoms with van der Waals surface area (Å²) < 4.78 is 4.13. The molecule has 0 aliphatic rings. The second-order valence-corrected chi connectivity index (χ2v) is 6.12. The molecule has 3 heterocycles. The monoisotopic (exact) mass is 342 g/mol. The lowest BCUT2D eigenvalue weighted by atomic mass is 10.1. The van der Waals surface area contributed by atoms with Gasteiger partial charge in [0.1, 0.15) is 5.82 Å². The molecular formula is C20H18N6. The Morgan fingerprint density at radius 3 is 2.88 bits per heavy atom. The molecule has 0 N–H and O–H groups in total. The van der Waals surface area contributed by atoms with Gasteiger partial charge >= 0.3 is 0 Å². The van der Waals surface area contributed by atoms with Crippen LogP contribution in [-0.4, -0.2) is 23.9 Å². The van der Waals surface area contributed by atoms with E-state index in [-0.39, 0.29) is 0 Å². The van der Waals surface area contributed by atoms with E-state index >= 15 is 0 Å². The average Bonchev–Trinajstić information content (AvgIpc) is 3.27. The van der Waals surface area contributed by atoms with Crippen LogP contribution < -0.4 is 0 Å². The van der Waals surface area contributed by atoms with E-state index < -0.39 is 0 Å². The Bertz CT molecular complexity index is 1100. The molecule has 6 nitrogen and oxygen atoms in total. The Morgan fingerprint density at radius 1 is 1.12 bits per heavy atom. The number of benzene rings is 1. The Morgan fingerprint density at radius 2 is 2.04 bits per heavy atom. The zero-order chi connectivity index (χ0) is 17.9. The van der Waals surface area contributed by atoms with Crippen molar-refractivity contribution in [2.75, 3.05) is 0 Å². The van der Waals surface area contributed by atoms with Gasteiger partial charge in [0.25, 0.3) is 0 Å². The normalized spacial score (nSPS) is 10.9. The quantitative estimate of drug-likeness (QED) is 0.557. The first kappa shape index (κ1) is 16.0. The van der Waals surface area contributed by atoms with E-state index in [1.807, 2.05) is 36.7 Å². The van der Waals surface area contributed by atoms with E-state index in [0.29, 0.717) is 12.1 Å². The third-order valence-corrected chi connectivity index (χ3v) is 4.36. The van der Waals surface area contributed by atoms with E-state index in [1.54, 1.807) is 18.5 Å². The summed E-state index contributed by atoms with van der Waals surface area (Å²) in [5, 5.41) is 9.14. The van der Waals surface area contributed by atoms with Crippen molar-refractivity contribution in [2.24, 2.45) is 0 Å². The van der Waals surface area contributed by atoms with Crippen LogP contribution in [0.4, 0.5) is 0 Å². The fourth-order valence-corrected chi connectivity index (χ4v) is 3.20. The molecule has 4 aromatic rings. The maximum atomic E-state index is 9.14. The van der Waals surface area contributed by atoms with Gasteiger partial charge in [0.05, 0.1) is 23.9 Å². The summed E-state index contributed by atoms with van der Waals surface area (Å²) in [6.07, 6.45) is 9.48. The summed E-state index contributed by atoms with van der Waals surface area (Å²) in [4.78, 5) is 13.6. The van der Waals surface area contributed by atoms with E-state index in [1.165, 1.54) is 5.69 Å². The lowest BCUT2D eigenvalue weighted by Gasteiger charge is -2.08. The van der Waals surface area contributed by atoms with Crippen molar-refractivity contribution < 1.29 is 0 Å². The fourth-order valence-electron chi connectivity index (χ4n) is 3.20. The van der Waals surface area contributed by atoms with Gasteiger partial charge in [-0.15, -0.1) is 0 Å². The Hall–Kier alpha value is -3.46. The van der Waals surface area contributed by atoms with Gasteiger partial charge in [0, 0.05) is 36.0 Å². The molecule has 6 heteroatoms. The minimum Gasteiger partial charge on any atom is -0.325 e. The number of nitriles is 1. The van der Waals surface area contributed by atoms with Gasteiger partial charge < -0.3 is 4.57 Å². The Kier molecular flexibility index (Phi) is 4.20. The topological polar surface area (TPSA) is 71.8 Å². The fraction of sp³-hybridized carbons (Fsp3) is 0.200. The van der Waals surface area contributed by atoms with Gasteiger partial charge in [0.15, 0.2) is 0 Å². The zero-order valence-corrected chi connectivity index (χ0v) is 14.5. The van der Waals surface area contributed by atoms with E-state index in [0.717, 1.165) is 35.7 Å². The van der Waals surface area contributed by atoms with Crippen LogP contribution in [-0.2, 0) is 13.0 Å². The summed E-state index contributed by atoms with van der Waals surface area (Å²) in [7, 11) is 0. The van der Waals surface area contributed by atoms with Gasteiger partial charge in [-0.05, 0) is 24.6 Å². The van der Waals surface area contributed by atoms with Gasteiger partial charge in [0.2, 0.25) is 5.78 Å².